The van der Waals surface area contributed by atoms with E-state index in [0.717, 1.165) is 16.7 Å². The van der Waals surface area contributed by atoms with E-state index in [1.165, 1.54) is 6.08 Å². The molecule has 1 aliphatic rings. The molecule has 0 aromatic heterocycles. The molecule has 0 saturated carbocycles. The predicted molar refractivity (Wildman–Crippen MR) is 59.6 cm³/mol. The summed E-state index contributed by atoms with van der Waals surface area (Å²) >= 11 is 0. The molecule has 84 valence electrons. The maximum absolute atomic E-state index is 11.3. The fourth-order valence-electron chi connectivity index (χ4n) is 1.79. The van der Waals surface area contributed by atoms with Gasteiger partial charge in [-0.3, -0.25) is 0 Å². The highest BCUT2D eigenvalue weighted by molar-refractivity contribution is 5.93. The van der Waals surface area contributed by atoms with Gasteiger partial charge in [-0.15, -0.1) is 0 Å². The van der Waals surface area contributed by atoms with Crippen LogP contribution in [0.1, 0.15) is 17.5 Å². The van der Waals surface area contributed by atoms with E-state index in [9.17, 15) is 9.90 Å². The monoisotopic (exact) mass is 219 g/mol. The van der Waals surface area contributed by atoms with Gasteiger partial charge in [-0.1, -0.05) is 6.07 Å². The Balaban J connectivity index is 2.47. The molecule has 0 amide bonds. The van der Waals surface area contributed by atoms with Gasteiger partial charge in [0.2, 0.25) is 0 Å². The second kappa shape index (κ2) is 4.37. The van der Waals surface area contributed by atoms with Crippen LogP contribution in [0.15, 0.2) is 24.3 Å². The van der Waals surface area contributed by atoms with Crippen molar-refractivity contribution in [2.45, 2.75) is 13.0 Å². The molecule has 0 radical (unpaired) electrons. The van der Waals surface area contributed by atoms with Crippen molar-refractivity contribution in [1.82, 2.24) is 0 Å². The SMILES string of the molecule is NCCC1=CC(=O)OCc2cc(O)ccc21. The van der Waals surface area contributed by atoms with E-state index in [4.69, 9.17) is 10.5 Å². The van der Waals surface area contributed by atoms with E-state index < -0.39 is 0 Å². The number of benzene rings is 1. The van der Waals surface area contributed by atoms with E-state index in [2.05, 4.69) is 0 Å². The molecule has 1 aromatic rings. The number of phenolic OH excluding ortho intramolecular Hbond substituents is 1. The van der Waals surface area contributed by atoms with Gasteiger partial charge in [-0.05, 0) is 36.2 Å². The number of rotatable bonds is 2. The average molecular weight is 219 g/mol. The third kappa shape index (κ3) is 2.06. The highest BCUT2D eigenvalue weighted by atomic mass is 16.5. The van der Waals surface area contributed by atoms with Crippen molar-refractivity contribution in [3.05, 3.63) is 35.4 Å². The van der Waals surface area contributed by atoms with E-state index in [-0.39, 0.29) is 18.3 Å². The first-order chi connectivity index (χ1) is 7.70. The molecule has 16 heavy (non-hydrogen) atoms. The molecule has 4 nitrogen and oxygen atoms in total. The first kappa shape index (κ1) is 10.7. The van der Waals surface area contributed by atoms with Crippen LogP contribution in [0.4, 0.5) is 0 Å². The second-order valence-corrected chi connectivity index (χ2v) is 3.66. The average Bonchev–Trinajstić information content (AvgIpc) is 2.39. The van der Waals surface area contributed by atoms with E-state index in [1.807, 2.05) is 0 Å². The molecule has 0 atom stereocenters. The lowest BCUT2D eigenvalue weighted by Crippen LogP contribution is -2.01. The number of ether oxygens (including phenoxy) is 1. The first-order valence-electron chi connectivity index (χ1n) is 5.10. The quantitative estimate of drug-likeness (QED) is 0.732. The Morgan fingerprint density at radius 3 is 3.00 bits per heavy atom. The van der Waals surface area contributed by atoms with Crippen LogP contribution in [0.3, 0.4) is 0 Å². The van der Waals surface area contributed by atoms with Crippen LogP contribution in [0.25, 0.3) is 5.57 Å². The highest BCUT2D eigenvalue weighted by Crippen LogP contribution is 2.28. The topological polar surface area (TPSA) is 72.6 Å². The number of esters is 1. The number of hydrogen-bond donors (Lipinski definition) is 2. The Bertz CT molecular complexity index is 452. The second-order valence-electron chi connectivity index (χ2n) is 3.66. The fourth-order valence-corrected chi connectivity index (χ4v) is 1.79. The minimum Gasteiger partial charge on any atom is -0.508 e. The third-order valence-corrected chi connectivity index (χ3v) is 2.51. The number of carbonyl (C=O) groups is 1. The molecular weight excluding hydrogens is 206 g/mol. The molecule has 4 heteroatoms. The molecule has 0 unspecified atom stereocenters. The molecule has 0 spiro atoms. The summed E-state index contributed by atoms with van der Waals surface area (Å²) in [7, 11) is 0. The Morgan fingerprint density at radius 1 is 1.44 bits per heavy atom. The van der Waals surface area contributed by atoms with Gasteiger partial charge in [-0.2, -0.15) is 0 Å². The normalized spacial score (nSPS) is 14.8. The van der Waals surface area contributed by atoms with Crippen molar-refractivity contribution in [2.75, 3.05) is 6.54 Å². The molecule has 1 aromatic carbocycles. The third-order valence-electron chi connectivity index (χ3n) is 2.51. The predicted octanol–water partition coefficient (Wildman–Crippen LogP) is 1.18. The number of phenols is 1. The summed E-state index contributed by atoms with van der Waals surface area (Å²) in [4.78, 5) is 11.3. The largest absolute Gasteiger partial charge is 0.508 e. The summed E-state index contributed by atoms with van der Waals surface area (Å²) < 4.78 is 4.99. The van der Waals surface area contributed by atoms with Gasteiger partial charge in [0.15, 0.2) is 0 Å². The van der Waals surface area contributed by atoms with E-state index >= 15 is 0 Å². The van der Waals surface area contributed by atoms with Gasteiger partial charge >= 0.3 is 5.97 Å². The molecule has 0 aliphatic carbocycles. The molecule has 1 aliphatic heterocycles. The van der Waals surface area contributed by atoms with Gasteiger partial charge in [0.25, 0.3) is 0 Å². The maximum Gasteiger partial charge on any atom is 0.331 e. The van der Waals surface area contributed by atoms with Gasteiger partial charge in [0.1, 0.15) is 12.4 Å². The molecule has 1 heterocycles. The Hall–Kier alpha value is -1.81. The van der Waals surface area contributed by atoms with E-state index in [1.54, 1.807) is 18.2 Å². The minimum absolute atomic E-state index is 0.170. The number of nitrogens with two attached hydrogens (primary N) is 1. The summed E-state index contributed by atoms with van der Waals surface area (Å²) in [6.45, 7) is 0.659. The first-order valence-corrected chi connectivity index (χ1v) is 5.10. The number of hydrogen-bond acceptors (Lipinski definition) is 4. The van der Waals surface area contributed by atoms with Crippen LogP contribution in [0, 0.1) is 0 Å². The zero-order valence-electron chi connectivity index (χ0n) is 8.77. The van der Waals surface area contributed by atoms with Crippen molar-refractivity contribution >= 4 is 11.5 Å². The van der Waals surface area contributed by atoms with Crippen LogP contribution in [0.5, 0.6) is 5.75 Å². The lowest BCUT2D eigenvalue weighted by atomic mass is 9.97. The Labute approximate surface area is 93.3 Å². The van der Waals surface area contributed by atoms with Gasteiger partial charge in [0, 0.05) is 11.6 Å². The number of carbonyl (C=O) groups excluding carboxylic acids is 1. The minimum atomic E-state index is -0.362. The number of aromatic hydroxyl groups is 1. The molecule has 3 N–H and O–H groups in total. The van der Waals surface area contributed by atoms with Crippen molar-refractivity contribution in [3.8, 4) is 5.75 Å². The summed E-state index contributed by atoms with van der Waals surface area (Å²) in [5, 5.41) is 9.38. The smallest absolute Gasteiger partial charge is 0.331 e. The van der Waals surface area contributed by atoms with E-state index in [0.29, 0.717) is 13.0 Å². The van der Waals surface area contributed by atoms with Crippen molar-refractivity contribution < 1.29 is 14.6 Å². The molecular formula is C12H13NO3. The molecule has 0 bridgehead atoms. The van der Waals surface area contributed by atoms with Crippen LogP contribution in [-0.4, -0.2) is 17.6 Å². The summed E-state index contributed by atoms with van der Waals surface area (Å²) in [6, 6.07) is 4.99. The Kier molecular flexibility index (Phi) is 2.92. The zero-order valence-corrected chi connectivity index (χ0v) is 8.77. The van der Waals surface area contributed by atoms with Gasteiger partial charge in [0.05, 0.1) is 0 Å². The highest BCUT2D eigenvalue weighted by Gasteiger charge is 2.15. The van der Waals surface area contributed by atoms with Crippen molar-refractivity contribution in [2.24, 2.45) is 5.73 Å². The van der Waals surface area contributed by atoms with Crippen LogP contribution in [-0.2, 0) is 16.1 Å². The molecule has 0 saturated heterocycles. The van der Waals surface area contributed by atoms with Gasteiger partial charge < -0.3 is 15.6 Å². The van der Waals surface area contributed by atoms with Crippen LogP contribution < -0.4 is 5.73 Å². The van der Waals surface area contributed by atoms with Crippen LogP contribution >= 0.6 is 0 Å². The summed E-state index contributed by atoms with van der Waals surface area (Å²) in [5.41, 5.74) is 8.10. The lowest BCUT2D eigenvalue weighted by molar-refractivity contribution is -0.138. The van der Waals surface area contributed by atoms with Crippen molar-refractivity contribution in [1.29, 1.82) is 0 Å². The fraction of sp³-hybridized carbons (Fsp3) is 0.250. The summed E-state index contributed by atoms with van der Waals surface area (Å²) in [5.74, 6) is -0.192. The maximum atomic E-state index is 11.3. The van der Waals surface area contributed by atoms with Gasteiger partial charge in [-0.25, -0.2) is 4.79 Å². The summed E-state index contributed by atoms with van der Waals surface area (Å²) in [6.07, 6.45) is 2.09. The number of cyclic esters (lactones) is 1. The molecule has 0 fully saturated rings. The standard InChI is InChI=1S/C12H13NO3/c13-4-3-8-6-12(15)16-7-9-5-10(14)1-2-11(8)9/h1-2,5-6,14H,3-4,7,13H2. The van der Waals surface area contributed by atoms with Crippen molar-refractivity contribution in [3.63, 3.8) is 0 Å². The lowest BCUT2D eigenvalue weighted by Gasteiger charge is -2.08. The zero-order chi connectivity index (χ0) is 11.5. The van der Waals surface area contributed by atoms with Crippen LogP contribution in [0.2, 0.25) is 0 Å². The molecule has 2 rings (SSSR count). The number of fused-ring (bicyclic) bond motifs is 1. The Morgan fingerprint density at radius 2 is 2.25 bits per heavy atom.